The van der Waals surface area contributed by atoms with Crippen LogP contribution in [0.5, 0.6) is 0 Å². The first kappa shape index (κ1) is 8.52. The van der Waals surface area contributed by atoms with Crippen LogP contribution in [0.25, 0.3) is 16.2 Å². The summed E-state index contributed by atoms with van der Waals surface area (Å²) in [6.45, 7) is 6.64. The Hall–Kier alpha value is -2.08. The first-order valence-electron chi connectivity index (χ1n) is 4.16. The Labute approximate surface area is 80.4 Å². The van der Waals surface area contributed by atoms with Crippen LogP contribution in [0.2, 0.25) is 0 Å². The van der Waals surface area contributed by atoms with Gasteiger partial charge in [-0.15, -0.1) is 0 Å². The molecule has 1 N–H and O–H groups in total. The number of aliphatic hydroxyl groups is 1. The molecule has 1 amide bonds. The van der Waals surface area contributed by atoms with Gasteiger partial charge in [-0.3, -0.25) is 0 Å². The average molecular weight is 185 g/mol. The Morgan fingerprint density at radius 3 is 2.64 bits per heavy atom. The van der Waals surface area contributed by atoms with E-state index in [4.69, 9.17) is 6.57 Å². The molecule has 0 saturated carbocycles. The highest BCUT2D eigenvalue weighted by atomic mass is 16.3. The van der Waals surface area contributed by atoms with Crippen LogP contribution in [0.15, 0.2) is 24.3 Å². The van der Waals surface area contributed by atoms with E-state index >= 15 is 0 Å². The SMILES string of the molecule is [C-]#[N+]C(=O)C1=c2ccccc2=C(O)C1. The number of aliphatic hydroxyl groups excluding tert-OH is 1. The molecule has 68 valence electrons. The van der Waals surface area contributed by atoms with E-state index in [0.29, 0.717) is 16.0 Å². The monoisotopic (exact) mass is 185 g/mol. The lowest BCUT2D eigenvalue weighted by Gasteiger charge is -1.92. The van der Waals surface area contributed by atoms with E-state index < -0.39 is 5.91 Å². The van der Waals surface area contributed by atoms with E-state index in [-0.39, 0.29) is 12.2 Å². The van der Waals surface area contributed by atoms with Gasteiger partial charge in [-0.2, -0.15) is 4.85 Å². The van der Waals surface area contributed by atoms with Crippen LogP contribution >= 0.6 is 0 Å². The molecule has 0 heterocycles. The molecule has 2 rings (SSSR count). The zero-order valence-electron chi connectivity index (χ0n) is 7.32. The fourth-order valence-electron chi connectivity index (χ4n) is 1.61. The highest BCUT2D eigenvalue weighted by Gasteiger charge is 2.18. The number of benzene rings is 1. The largest absolute Gasteiger partial charge is 0.511 e. The maximum absolute atomic E-state index is 11.2. The minimum Gasteiger partial charge on any atom is -0.511 e. The molecule has 0 bridgehead atoms. The molecule has 0 aromatic heterocycles. The molecule has 14 heavy (non-hydrogen) atoms. The van der Waals surface area contributed by atoms with Crippen molar-refractivity contribution in [3.63, 3.8) is 0 Å². The molecule has 3 heteroatoms. The number of amides is 1. The third-order valence-electron chi connectivity index (χ3n) is 2.27. The van der Waals surface area contributed by atoms with Gasteiger partial charge in [0, 0.05) is 17.2 Å². The number of hydrogen-bond acceptors (Lipinski definition) is 2. The Balaban J connectivity index is 2.82. The van der Waals surface area contributed by atoms with Gasteiger partial charge < -0.3 is 9.90 Å². The van der Waals surface area contributed by atoms with Crippen molar-refractivity contribution in [2.45, 2.75) is 6.42 Å². The van der Waals surface area contributed by atoms with Crippen molar-refractivity contribution >= 4 is 17.2 Å². The van der Waals surface area contributed by atoms with Crippen molar-refractivity contribution in [1.82, 2.24) is 0 Å². The number of hydrogen-bond donors (Lipinski definition) is 1. The molecule has 0 spiro atoms. The molecule has 1 aliphatic rings. The second kappa shape index (κ2) is 3.00. The van der Waals surface area contributed by atoms with Crippen LogP contribution in [0, 0.1) is 6.57 Å². The lowest BCUT2D eigenvalue weighted by Crippen LogP contribution is -2.24. The summed E-state index contributed by atoms with van der Waals surface area (Å²) in [4.78, 5) is 14.1. The molecule has 0 fully saturated rings. The van der Waals surface area contributed by atoms with E-state index in [0.717, 1.165) is 0 Å². The lowest BCUT2D eigenvalue weighted by molar-refractivity contribution is -0.110. The number of carbonyl (C=O) groups is 1. The van der Waals surface area contributed by atoms with Crippen molar-refractivity contribution in [3.05, 3.63) is 46.1 Å². The summed E-state index contributed by atoms with van der Waals surface area (Å²) in [7, 11) is 0. The van der Waals surface area contributed by atoms with Gasteiger partial charge >= 0.3 is 5.91 Å². The Kier molecular flexibility index (Phi) is 1.83. The summed E-state index contributed by atoms with van der Waals surface area (Å²) < 4.78 is 0. The van der Waals surface area contributed by atoms with Crippen LogP contribution in [-0.4, -0.2) is 11.0 Å². The van der Waals surface area contributed by atoms with Gasteiger partial charge in [-0.1, -0.05) is 24.3 Å². The summed E-state index contributed by atoms with van der Waals surface area (Å²) in [5, 5.41) is 10.9. The van der Waals surface area contributed by atoms with E-state index in [1.54, 1.807) is 24.3 Å². The second-order valence-corrected chi connectivity index (χ2v) is 3.06. The van der Waals surface area contributed by atoms with Crippen molar-refractivity contribution in [2.75, 3.05) is 0 Å². The highest BCUT2D eigenvalue weighted by Crippen LogP contribution is 2.12. The molecule has 0 saturated heterocycles. The maximum atomic E-state index is 11.2. The summed E-state index contributed by atoms with van der Waals surface area (Å²) in [6, 6.07) is 7.07. The molecule has 0 atom stereocenters. The van der Waals surface area contributed by atoms with Gasteiger partial charge in [0.15, 0.2) is 0 Å². The summed E-state index contributed by atoms with van der Waals surface area (Å²) in [5.41, 5.74) is 0.396. The predicted octanol–water partition coefficient (Wildman–Crippen LogP) is 0.353. The third kappa shape index (κ3) is 1.09. The lowest BCUT2D eigenvalue weighted by atomic mass is 10.2. The molecule has 0 radical (unpaired) electrons. The van der Waals surface area contributed by atoms with Crippen LogP contribution < -0.4 is 10.4 Å². The standard InChI is InChI=1S/C11H7NO2/c1-12-11(14)9-6-10(13)8-5-3-2-4-7(8)9/h2-5,13H,6H2. The van der Waals surface area contributed by atoms with Crippen molar-refractivity contribution < 1.29 is 9.90 Å². The number of fused-ring (bicyclic) bond motifs is 1. The summed E-state index contributed by atoms with van der Waals surface area (Å²) in [6.07, 6.45) is 0.181. The van der Waals surface area contributed by atoms with Crippen LogP contribution in [-0.2, 0) is 4.79 Å². The smallest absolute Gasteiger partial charge is 0.383 e. The first-order valence-corrected chi connectivity index (χ1v) is 4.16. The fraction of sp³-hybridized carbons (Fsp3) is 0.0909. The minimum absolute atomic E-state index is 0.174. The van der Waals surface area contributed by atoms with E-state index in [1.807, 2.05) is 0 Å². The van der Waals surface area contributed by atoms with Crippen molar-refractivity contribution in [3.8, 4) is 0 Å². The maximum Gasteiger partial charge on any atom is 0.383 e. The predicted molar refractivity (Wildman–Crippen MR) is 51.4 cm³/mol. The van der Waals surface area contributed by atoms with Crippen molar-refractivity contribution in [2.24, 2.45) is 0 Å². The number of nitrogens with zero attached hydrogens (tertiary/aromatic N) is 1. The molecule has 1 aromatic rings. The molecule has 1 aliphatic carbocycles. The van der Waals surface area contributed by atoms with Crippen molar-refractivity contribution in [1.29, 1.82) is 0 Å². The minimum atomic E-state index is -0.582. The van der Waals surface area contributed by atoms with Gasteiger partial charge in [0.2, 0.25) is 0 Å². The number of rotatable bonds is 1. The normalized spacial score (nSPS) is 13.6. The third-order valence-corrected chi connectivity index (χ3v) is 2.27. The van der Waals surface area contributed by atoms with Gasteiger partial charge in [0.05, 0.1) is 6.57 Å². The Morgan fingerprint density at radius 1 is 1.36 bits per heavy atom. The van der Waals surface area contributed by atoms with Gasteiger partial charge in [0.25, 0.3) is 0 Å². The summed E-state index contributed by atoms with van der Waals surface area (Å²) in [5.74, 6) is -0.408. The molecule has 0 aliphatic heterocycles. The fourth-order valence-corrected chi connectivity index (χ4v) is 1.61. The van der Waals surface area contributed by atoms with Crippen LogP contribution in [0.4, 0.5) is 0 Å². The topological polar surface area (TPSA) is 41.7 Å². The number of carbonyl (C=O) groups excluding carboxylic acids is 1. The summed E-state index contributed by atoms with van der Waals surface area (Å²) >= 11 is 0. The highest BCUT2D eigenvalue weighted by molar-refractivity contribution is 6.20. The van der Waals surface area contributed by atoms with E-state index in [1.165, 1.54) is 0 Å². The molecular weight excluding hydrogens is 178 g/mol. The molecule has 3 nitrogen and oxygen atoms in total. The Bertz CT molecular complexity index is 564. The molecule has 0 unspecified atom stereocenters. The van der Waals surface area contributed by atoms with Crippen LogP contribution in [0.3, 0.4) is 0 Å². The Morgan fingerprint density at radius 2 is 2.00 bits per heavy atom. The average Bonchev–Trinajstić information content (AvgIpc) is 2.56. The zero-order chi connectivity index (χ0) is 10.1. The van der Waals surface area contributed by atoms with Gasteiger partial charge in [-0.25, -0.2) is 0 Å². The zero-order valence-corrected chi connectivity index (χ0v) is 7.32. The van der Waals surface area contributed by atoms with Crippen LogP contribution in [0.1, 0.15) is 6.42 Å². The molecular formula is C11H7NO2. The first-order chi connectivity index (χ1) is 6.74. The second-order valence-electron chi connectivity index (χ2n) is 3.06. The molecule has 1 aromatic carbocycles. The van der Waals surface area contributed by atoms with Gasteiger partial charge in [0.1, 0.15) is 5.76 Å². The van der Waals surface area contributed by atoms with E-state index in [9.17, 15) is 9.90 Å². The quantitative estimate of drug-likeness (QED) is 0.641. The van der Waals surface area contributed by atoms with Gasteiger partial charge in [-0.05, 0) is 5.22 Å². The van der Waals surface area contributed by atoms with E-state index in [2.05, 4.69) is 4.85 Å².